The van der Waals surface area contributed by atoms with Crippen molar-refractivity contribution < 1.29 is 4.42 Å². The first-order chi connectivity index (χ1) is 21.8. The molecular weight excluding hydrogens is 561 g/mol. The van der Waals surface area contributed by atoms with E-state index in [1.807, 2.05) is 91.1 Å². The van der Waals surface area contributed by atoms with Gasteiger partial charge in [0.2, 0.25) is 0 Å². The third-order valence-corrected chi connectivity index (χ3v) is 9.11. The van der Waals surface area contributed by atoms with Gasteiger partial charge in [-0.2, -0.15) is 0 Å². The molecule has 4 aromatic heterocycles. The smallest absolute Gasteiger partial charge is 0.165 e. The molecule has 5 nitrogen and oxygen atoms in total. The van der Waals surface area contributed by atoms with Crippen LogP contribution in [0.2, 0.25) is 0 Å². The molecule has 0 aliphatic rings. The maximum Gasteiger partial charge on any atom is 0.165 e. The fraction of sp³-hybridized carbons (Fsp3) is 0. The van der Waals surface area contributed by atoms with Crippen LogP contribution in [-0.4, -0.2) is 19.9 Å². The number of pyridine rings is 1. The van der Waals surface area contributed by atoms with E-state index in [2.05, 4.69) is 42.5 Å². The highest BCUT2D eigenvalue weighted by atomic mass is 32.1. The lowest BCUT2D eigenvalue weighted by atomic mass is 9.94. The molecular formula is C38H22N4OS. The van der Waals surface area contributed by atoms with Crippen LogP contribution in [0.5, 0.6) is 0 Å². The number of hydrogen-bond donors (Lipinski definition) is 0. The summed E-state index contributed by atoms with van der Waals surface area (Å²) in [6, 6.07) is 43.2. The summed E-state index contributed by atoms with van der Waals surface area (Å²) in [6.45, 7) is 0. The fourth-order valence-corrected chi connectivity index (χ4v) is 7.04. The van der Waals surface area contributed by atoms with E-state index in [-0.39, 0.29) is 0 Å². The number of nitrogens with zero attached hydrogens (tertiary/aromatic N) is 4. The molecule has 0 saturated heterocycles. The Labute approximate surface area is 256 Å². The lowest BCUT2D eigenvalue weighted by molar-refractivity contribution is 0.669. The molecule has 9 rings (SSSR count). The van der Waals surface area contributed by atoms with Gasteiger partial charge in [-0.25, -0.2) is 15.0 Å². The molecule has 5 aromatic carbocycles. The molecule has 0 unspecified atom stereocenters. The topological polar surface area (TPSA) is 64.7 Å². The van der Waals surface area contributed by atoms with Gasteiger partial charge in [0.05, 0.1) is 10.2 Å². The predicted octanol–water partition coefficient (Wildman–Crippen LogP) is 10.2. The van der Waals surface area contributed by atoms with Crippen LogP contribution in [0.25, 0.3) is 87.5 Å². The number of benzene rings is 5. The van der Waals surface area contributed by atoms with Crippen LogP contribution in [0.15, 0.2) is 138 Å². The molecule has 0 aliphatic heterocycles. The molecule has 0 atom stereocenters. The first-order valence-electron chi connectivity index (χ1n) is 14.4. The zero-order chi connectivity index (χ0) is 29.0. The second kappa shape index (κ2) is 9.93. The standard InChI is InChI=1S/C38H22N4OS/c1-3-10-23(11-4-1)36-40-37(24-12-5-2-6-13-24)42-38(41-36)33-26(18-20-31-34(33)35-32(44-31)16-9-21-39-35)25-17-19-30-28(22-25)27-14-7-8-15-29(27)43-30/h1-22H. The summed E-state index contributed by atoms with van der Waals surface area (Å²) in [4.78, 5) is 20.1. The molecule has 9 aromatic rings. The van der Waals surface area contributed by atoms with Gasteiger partial charge in [-0.15, -0.1) is 11.3 Å². The highest BCUT2D eigenvalue weighted by molar-refractivity contribution is 7.25. The van der Waals surface area contributed by atoms with Gasteiger partial charge in [0.1, 0.15) is 11.2 Å². The summed E-state index contributed by atoms with van der Waals surface area (Å²) >= 11 is 1.73. The van der Waals surface area contributed by atoms with Crippen LogP contribution in [0.1, 0.15) is 0 Å². The SMILES string of the molecule is c1ccc(-c2nc(-c3ccccc3)nc(-c3c(-c4ccc5oc6ccccc6c5c4)ccc4sc5cccnc5c34)n2)cc1. The first-order valence-corrected chi connectivity index (χ1v) is 15.2. The molecule has 0 N–H and O–H groups in total. The van der Waals surface area contributed by atoms with Gasteiger partial charge < -0.3 is 4.42 Å². The van der Waals surface area contributed by atoms with Gasteiger partial charge in [-0.3, -0.25) is 4.98 Å². The molecule has 6 heteroatoms. The Morgan fingerprint density at radius 1 is 0.500 bits per heavy atom. The van der Waals surface area contributed by atoms with Crippen molar-refractivity contribution in [2.24, 2.45) is 0 Å². The highest BCUT2D eigenvalue weighted by Crippen LogP contribution is 2.44. The van der Waals surface area contributed by atoms with Crippen LogP contribution in [-0.2, 0) is 0 Å². The minimum absolute atomic E-state index is 0.612. The van der Waals surface area contributed by atoms with Gasteiger partial charge in [0.15, 0.2) is 17.5 Å². The first kappa shape index (κ1) is 24.8. The van der Waals surface area contributed by atoms with Gasteiger partial charge in [-0.05, 0) is 47.5 Å². The zero-order valence-corrected chi connectivity index (χ0v) is 24.1. The number of thiophene rings is 1. The number of hydrogen-bond acceptors (Lipinski definition) is 6. The highest BCUT2D eigenvalue weighted by Gasteiger charge is 2.22. The Morgan fingerprint density at radius 2 is 1.18 bits per heavy atom. The third kappa shape index (κ3) is 4.00. The molecule has 0 fully saturated rings. The summed E-state index contributed by atoms with van der Waals surface area (Å²) in [5.41, 5.74) is 7.57. The second-order valence-electron chi connectivity index (χ2n) is 10.7. The average Bonchev–Trinajstić information content (AvgIpc) is 3.66. The molecule has 206 valence electrons. The number of fused-ring (bicyclic) bond motifs is 6. The molecule has 4 heterocycles. The molecule has 0 saturated carbocycles. The van der Waals surface area contributed by atoms with Gasteiger partial charge in [0, 0.05) is 43.7 Å². The summed E-state index contributed by atoms with van der Waals surface area (Å²) in [5.74, 6) is 1.86. The summed E-state index contributed by atoms with van der Waals surface area (Å²) in [6.07, 6.45) is 1.85. The van der Waals surface area contributed by atoms with E-state index in [4.69, 9.17) is 24.4 Å². The normalized spacial score (nSPS) is 11.6. The van der Waals surface area contributed by atoms with Crippen molar-refractivity contribution in [2.45, 2.75) is 0 Å². The molecule has 0 amide bonds. The number of para-hydroxylation sites is 1. The average molecular weight is 583 g/mol. The molecule has 44 heavy (non-hydrogen) atoms. The maximum absolute atomic E-state index is 6.16. The Kier molecular flexibility index (Phi) is 5.61. The van der Waals surface area contributed by atoms with Crippen LogP contribution in [0.3, 0.4) is 0 Å². The van der Waals surface area contributed by atoms with E-state index in [1.165, 1.54) is 0 Å². The van der Waals surface area contributed by atoms with Crippen LogP contribution in [0.4, 0.5) is 0 Å². The Hall–Kier alpha value is -5.72. The van der Waals surface area contributed by atoms with E-state index < -0.39 is 0 Å². The van der Waals surface area contributed by atoms with Crippen molar-refractivity contribution in [3.63, 3.8) is 0 Å². The van der Waals surface area contributed by atoms with Crippen LogP contribution < -0.4 is 0 Å². The predicted molar refractivity (Wildman–Crippen MR) is 180 cm³/mol. The fourth-order valence-electron chi connectivity index (χ4n) is 5.97. The number of rotatable bonds is 4. The van der Waals surface area contributed by atoms with E-state index in [0.717, 1.165) is 70.1 Å². The number of furan rings is 1. The van der Waals surface area contributed by atoms with Crippen LogP contribution in [0, 0.1) is 0 Å². The van der Waals surface area contributed by atoms with Crippen molar-refractivity contribution in [2.75, 3.05) is 0 Å². The number of aromatic nitrogens is 4. The minimum Gasteiger partial charge on any atom is -0.456 e. The van der Waals surface area contributed by atoms with E-state index in [1.54, 1.807) is 11.3 Å². The summed E-state index contributed by atoms with van der Waals surface area (Å²) in [5, 5.41) is 3.21. The lowest BCUT2D eigenvalue weighted by Crippen LogP contribution is -2.01. The largest absolute Gasteiger partial charge is 0.456 e. The van der Waals surface area contributed by atoms with Crippen molar-refractivity contribution in [3.8, 4) is 45.3 Å². The van der Waals surface area contributed by atoms with E-state index >= 15 is 0 Å². The van der Waals surface area contributed by atoms with Gasteiger partial charge in [-0.1, -0.05) is 91.0 Å². The Morgan fingerprint density at radius 3 is 1.95 bits per heavy atom. The maximum atomic E-state index is 6.16. The second-order valence-corrected chi connectivity index (χ2v) is 11.7. The quantitative estimate of drug-likeness (QED) is 0.207. The van der Waals surface area contributed by atoms with E-state index in [9.17, 15) is 0 Å². The third-order valence-electron chi connectivity index (χ3n) is 8.01. The monoisotopic (exact) mass is 582 g/mol. The Bertz CT molecular complexity index is 2440. The van der Waals surface area contributed by atoms with E-state index in [0.29, 0.717) is 17.5 Å². The molecule has 0 aliphatic carbocycles. The molecule has 0 bridgehead atoms. The Balaban J connectivity index is 1.39. The molecule has 0 radical (unpaired) electrons. The summed E-state index contributed by atoms with van der Waals surface area (Å²) < 4.78 is 8.42. The summed E-state index contributed by atoms with van der Waals surface area (Å²) in [7, 11) is 0. The van der Waals surface area contributed by atoms with Crippen molar-refractivity contribution in [1.29, 1.82) is 0 Å². The minimum atomic E-state index is 0.612. The van der Waals surface area contributed by atoms with Gasteiger partial charge >= 0.3 is 0 Å². The van der Waals surface area contributed by atoms with Crippen molar-refractivity contribution >= 4 is 53.6 Å². The molecule has 0 spiro atoms. The zero-order valence-electron chi connectivity index (χ0n) is 23.3. The van der Waals surface area contributed by atoms with Gasteiger partial charge in [0.25, 0.3) is 0 Å². The van der Waals surface area contributed by atoms with Crippen molar-refractivity contribution in [1.82, 2.24) is 19.9 Å². The van der Waals surface area contributed by atoms with Crippen LogP contribution >= 0.6 is 11.3 Å². The van der Waals surface area contributed by atoms with Crippen molar-refractivity contribution in [3.05, 3.63) is 134 Å². The lowest BCUT2D eigenvalue weighted by Gasteiger charge is -2.14.